The molecule has 37 heavy (non-hydrogen) atoms. The molecule has 1 aliphatic heterocycles. The summed E-state index contributed by atoms with van der Waals surface area (Å²) in [4.78, 5) is 33.4. The fraction of sp³-hybridized carbons (Fsp3) is 0.148. The number of nitrogens with one attached hydrogen (secondary N) is 1. The largest absolute Gasteiger partial charge is 0.335 e. The number of anilines is 3. The first-order valence-electron chi connectivity index (χ1n) is 11.8. The minimum atomic E-state index is -2.35. The smallest absolute Gasteiger partial charge is 0.321 e. The number of piperazine rings is 1. The molecule has 0 aliphatic carbocycles. The van der Waals surface area contributed by atoms with Crippen LogP contribution >= 0.6 is 0 Å². The summed E-state index contributed by atoms with van der Waals surface area (Å²) < 4.78 is 23.7. The van der Waals surface area contributed by atoms with Gasteiger partial charge in [0, 0.05) is 49.0 Å². The zero-order valence-electron chi connectivity index (χ0n) is 19.9. The molecule has 1 unspecified atom stereocenters. The van der Waals surface area contributed by atoms with Crippen LogP contribution in [0.2, 0.25) is 0 Å². The van der Waals surface area contributed by atoms with E-state index in [0.29, 0.717) is 48.6 Å². The number of aromatic nitrogens is 1. The second-order valence-electron chi connectivity index (χ2n) is 8.50. The zero-order valence-corrected chi connectivity index (χ0v) is 20.7. The Balaban J connectivity index is 1.26. The Hall–Kier alpha value is -4.28. The minimum Gasteiger partial charge on any atom is -0.335 e. The van der Waals surface area contributed by atoms with Crippen LogP contribution in [0.3, 0.4) is 0 Å². The van der Waals surface area contributed by atoms with Gasteiger partial charge in [0.05, 0.1) is 16.9 Å². The summed E-state index contributed by atoms with van der Waals surface area (Å²) in [5, 5.41) is 3.71. The van der Waals surface area contributed by atoms with E-state index in [1.807, 2.05) is 48.5 Å². The second-order valence-corrected chi connectivity index (χ2v) is 9.33. The molecule has 0 saturated carbocycles. The first-order chi connectivity index (χ1) is 18.0. The summed E-state index contributed by atoms with van der Waals surface area (Å²) in [6.45, 7) is 1.68. The van der Waals surface area contributed by atoms with Gasteiger partial charge in [-0.1, -0.05) is 36.4 Å². The number of urea groups is 1. The van der Waals surface area contributed by atoms with Gasteiger partial charge in [0.1, 0.15) is 0 Å². The van der Waals surface area contributed by atoms with Crippen LogP contribution in [-0.4, -0.2) is 61.7 Å². The van der Waals surface area contributed by atoms with Crippen LogP contribution < -0.4 is 9.62 Å². The molecule has 9 nitrogen and oxygen atoms in total. The van der Waals surface area contributed by atoms with E-state index in [9.17, 15) is 18.4 Å². The third-order valence-electron chi connectivity index (χ3n) is 6.21. The van der Waals surface area contributed by atoms with E-state index < -0.39 is 11.3 Å². The number of carbonyl (C=O) groups is 2. The monoisotopic (exact) mass is 515 g/mol. The molecule has 1 fully saturated rings. The lowest BCUT2D eigenvalue weighted by molar-refractivity contribution is 0.0671. The summed E-state index contributed by atoms with van der Waals surface area (Å²) in [6.07, 6.45) is 1.64. The van der Waals surface area contributed by atoms with Crippen molar-refractivity contribution >= 4 is 51.2 Å². The quantitative estimate of drug-likeness (QED) is 0.381. The van der Waals surface area contributed by atoms with Crippen molar-refractivity contribution in [3.8, 4) is 0 Å². The van der Waals surface area contributed by atoms with Crippen molar-refractivity contribution in [2.24, 2.45) is 0 Å². The predicted octanol–water partition coefficient (Wildman–Crippen LogP) is 4.50. The van der Waals surface area contributed by atoms with E-state index in [2.05, 4.69) is 10.3 Å². The molecule has 10 heteroatoms. The normalized spacial score (nSPS) is 14.3. The molecule has 3 amide bonds. The van der Waals surface area contributed by atoms with Crippen molar-refractivity contribution in [2.75, 3.05) is 35.8 Å². The van der Waals surface area contributed by atoms with Crippen molar-refractivity contribution in [3.05, 3.63) is 96.7 Å². The van der Waals surface area contributed by atoms with Gasteiger partial charge in [-0.25, -0.2) is 13.3 Å². The Labute approximate surface area is 216 Å². The highest BCUT2D eigenvalue weighted by Gasteiger charge is 2.25. The highest BCUT2D eigenvalue weighted by molar-refractivity contribution is 7.81. The molecule has 0 spiro atoms. The number of rotatable bonds is 5. The van der Waals surface area contributed by atoms with Gasteiger partial charge in [-0.2, -0.15) is 0 Å². The summed E-state index contributed by atoms with van der Waals surface area (Å²) in [5.74, 6) is -0.154. The average Bonchev–Trinajstić information content (AvgIpc) is 2.94. The van der Waals surface area contributed by atoms with Gasteiger partial charge >= 0.3 is 6.03 Å². The molecule has 2 N–H and O–H groups in total. The molecule has 1 saturated heterocycles. The van der Waals surface area contributed by atoms with Crippen LogP contribution in [0, 0.1) is 0 Å². The molecule has 0 radical (unpaired) electrons. The Bertz CT molecular complexity index is 1440. The minimum absolute atomic E-state index is 0.154. The lowest BCUT2D eigenvalue weighted by Crippen LogP contribution is -2.51. The number of nitrogens with zero attached hydrogens (tertiary/aromatic N) is 4. The average molecular weight is 516 g/mol. The Morgan fingerprint density at radius 1 is 0.838 bits per heavy atom. The molecule has 1 aromatic heterocycles. The maximum atomic E-state index is 13.1. The molecular weight excluding hydrogens is 490 g/mol. The van der Waals surface area contributed by atoms with Crippen molar-refractivity contribution in [1.82, 2.24) is 14.8 Å². The van der Waals surface area contributed by atoms with Crippen LogP contribution in [0.1, 0.15) is 10.4 Å². The van der Waals surface area contributed by atoms with Crippen LogP contribution in [0.4, 0.5) is 21.9 Å². The standard InChI is InChI=1S/C27H25N5O4S/c33-26(30-16-18-31(19-17-30)27(34)29-22-8-2-1-3-9-22)21-11-13-23(14-12-21)32(37(35)36)24-10-4-6-20-7-5-15-28-25(20)24/h1-15H,16-19H2,(H,29,34)(H,35,36). The summed E-state index contributed by atoms with van der Waals surface area (Å²) in [7, 11) is 0. The fourth-order valence-corrected chi connectivity index (χ4v) is 4.94. The molecule has 1 aliphatic rings. The first kappa shape index (κ1) is 24.4. The van der Waals surface area contributed by atoms with Crippen molar-refractivity contribution in [2.45, 2.75) is 0 Å². The lowest BCUT2D eigenvalue weighted by atomic mass is 10.1. The van der Waals surface area contributed by atoms with Crippen molar-refractivity contribution in [3.63, 3.8) is 0 Å². The Morgan fingerprint density at radius 3 is 2.22 bits per heavy atom. The SMILES string of the molecule is O=C(Nc1ccccc1)N1CCN(C(=O)c2ccc(N(c3cccc4cccnc34)S(=O)O)cc2)CC1. The summed E-state index contributed by atoms with van der Waals surface area (Å²) >= 11 is -2.35. The number of hydrogen-bond donors (Lipinski definition) is 2. The maximum Gasteiger partial charge on any atom is 0.321 e. The summed E-state index contributed by atoms with van der Waals surface area (Å²) in [6, 6.07) is 24.7. The second kappa shape index (κ2) is 10.8. The van der Waals surface area contributed by atoms with E-state index in [-0.39, 0.29) is 11.9 Å². The van der Waals surface area contributed by atoms with Gasteiger partial charge in [-0.05, 0) is 48.5 Å². The van der Waals surface area contributed by atoms with Crippen LogP contribution in [0.15, 0.2) is 91.1 Å². The number of amides is 3. The van der Waals surface area contributed by atoms with Gasteiger partial charge in [-0.15, -0.1) is 0 Å². The lowest BCUT2D eigenvalue weighted by Gasteiger charge is -2.34. The molecule has 4 aromatic rings. The van der Waals surface area contributed by atoms with Gasteiger partial charge in [0.25, 0.3) is 17.2 Å². The fourth-order valence-electron chi connectivity index (χ4n) is 4.32. The number of para-hydroxylation sites is 2. The third-order valence-corrected chi connectivity index (χ3v) is 6.93. The summed E-state index contributed by atoms with van der Waals surface area (Å²) in [5.41, 5.74) is 2.73. The Morgan fingerprint density at radius 2 is 1.51 bits per heavy atom. The topological polar surface area (TPSA) is 106 Å². The van der Waals surface area contributed by atoms with Gasteiger partial charge in [0.15, 0.2) is 0 Å². The molecule has 0 bridgehead atoms. The van der Waals surface area contributed by atoms with Crippen molar-refractivity contribution in [1.29, 1.82) is 0 Å². The first-order valence-corrected chi connectivity index (χ1v) is 12.8. The van der Waals surface area contributed by atoms with E-state index in [1.165, 1.54) is 4.31 Å². The molecule has 5 rings (SSSR count). The van der Waals surface area contributed by atoms with Crippen LogP contribution in [0.25, 0.3) is 10.9 Å². The number of pyridine rings is 1. The van der Waals surface area contributed by atoms with E-state index in [4.69, 9.17) is 0 Å². The molecule has 2 heterocycles. The van der Waals surface area contributed by atoms with Gasteiger partial charge in [-0.3, -0.25) is 14.3 Å². The van der Waals surface area contributed by atoms with Crippen LogP contribution in [0.5, 0.6) is 0 Å². The third kappa shape index (κ3) is 5.30. The van der Waals surface area contributed by atoms with E-state index in [0.717, 1.165) is 11.1 Å². The van der Waals surface area contributed by atoms with Gasteiger partial charge < -0.3 is 15.1 Å². The number of hydrogen-bond acceptors (Lipinski definition) is 4. The molecule has 1 atom stereocenters. The predicted molar refractivity (Wildman–Crippen MR) is 144 cm³/mol. The van der Waals surface area contributed by atoms with Gasteiger partial charge in [0.2, 0.25) is 0 Å². The van der Waals surface area contributed by atoms with E-state index in [1.54, 1.807) is 52.4 Å². The van der Waals surface area contributed by atoms with E-state index >= 15 is 0 Å². The maximum absolute atomic E-state index is 13.1. The number of carbonyl (C=O) groups excluding carboxylic acids is 2. The molecule has 3 aromatic carbocycles. The highest BCUT2D eigenvalue weighted by Crippen LogP contribution is 2.32. The number of benzene rings is 3. The highest BCUT2D eigenvalue weighted by atomic mass is 32.2. The van der Waals surface area contributed by atoms with Crippen molar-refractivity contribution < 1.29 is 18.4 Å². The number of fused-ring (bicyclic) bond motifs is 1. The zero-order chi connectivity index (χ0) is 25.8. The van der Waals surface area contributed by atoms with Crippen LogP contribution in [-0.2, 0) is 11.3 Å². The molecule has 188 valence electrons. The Kier molecular flexibility index (Phi) is 7.11. The molecular formula is C27H25N5O4S.